The van der Waals surface area contributed by atoms with Crippen molar-refractivity contribution < 1.29 is 9.47 Å². The third kappa shape index (κ3) is 5.45. The van der Waals surface area contributed by atoms with E-state index in [9.17, 15) is 0 Å². The number of rotatable bonds is 7. The molecule has 0 atom stereocenters. The van der Waals surface area contributed by atoms with E-state index in [-0.39, 0.29) is 0 Å². The van der Waals surface area contributed by atoms with Crippen LogP contribution < -0.4 is 14.8 Å². The molecule has 1 rings (SSSR count). The fourth-order valence-electron chi connectivity index (χ4n) is 1.42. The first-order chi connectivity index (χ1) is 9.05. The number of hydrogen-bond acceptors (Lipinski definition) is 4. The predicted octanol–water partition coefficient (Wildman–Crippen LogP) is 2.50. The number of methoxy groups -OCH3 is 1. The lowest BCUT2D eigenvalue weighted by molar-refractivity contribution is 0.342. The van der Waals surface area contributed by atoms with Crippen LogP contribution >= 0.6 is 0 Å². The number of benzene rings is 1. The SMILES string of the molecule is C=C(CNC(C)C)COc1cc(C#N)cc(OC)c1. The number of nitrogens with zero attached hydrogens (tertiary/aromatic N) is 1. The first-order valence-electron chi connectivity index (χ1n) is 6.17. The Balaban J connectivity index is 2.57. The lowest BCUT2D eigenvalue weighted by Crippen LogP contribution is -2.26. The fraction of sp³-hybridized carbons (Fsp3) is 0.400. The molecule has 0 aliphatic carbocycles. The highest BCUT2D eigenvalue weighted by Gasteiger charge is 2.03. The van der Waals surface area contributed by atoms with E-state index >= 15 is 0 Å². The zero-order valence-corrected chi connectivity index (χ0v) is 11.7. The van der Waals surface area contributed by atoms with Crippen molar-refractivity contribution in [2.24, 2.45) is 0 Å². The van der Waals surface area contributed by atoms with Crippen LogP contribution in [0.4, 0.5) is 0 Å². The summed E-state index contributed by atoms with van der Waals surface area (Å²) < 4.78 is 10.7. The van der Waals surface area contributed by atoms with Gasteiger partial charge in [-0.25, -0.2) is 0 Å². The van der Waals surface area contributed by atoms with Crippen LogP contribution in [0.1, 0.15) is 19.4 Å². The first-order valence-corrected chi connectivity index (χ1v) is 6.17. The number of nitrogens with one attached hydrogen (secondary N) is 1. The van der Waals surface area contributed by atoms with Crippen molar-refractivity contribution in [1.29, 1.82) is 5.26 Å². The third-order valence-corrected chi connectivity index (χ3v) is 2.45. The Morgan fingerprint density at radius 2 is 2.05 bits per heavy atom. The molecule has 1 N–H and O–H groups in total. The van der Waals surface area contributed by atoms with E-state index in [1.807, 2.05) is 0 Å². The molecule has 0 amide bonds. The molecule has 0 spiro atoms. The maximum absolute atomic E-state index is 8.92. The van der Waals surface area contributed by atoms with Crippen LogP contribution in [0.15, 0.2) is 30.4 Å². The summed E-state index contributed by atoms with van der Waals surface area (Å²) in [4.78, 5) is 0. The fourth-order valence-corrected chi connectivity index (χ4v) is 1.42. The first kappa shape index (κ1) is 15.1. The second kappa shape index (κ2) is 7.45. The molecular weight excluding hydrogens is 240 g/mol. The molecule has 0 aliphatic heterocycles. The van der Waals surface area contributed by atoms with Crippen LogP contribution in [0.5, 0.6) is 11.5 Å². The Hall–Kier alpha value is -1.99. The number of nitriles is 1. The van der Waals surface area contributed by atoms with Gasteiger partial charge >= 0.3 is 0 Å². The van der Waals surface area contributed by atoms with Gasteiger partial charge in [0.15, 0.2) is 0 Å². The van der Waals surface area contributed by atoms with E-state index in [1.165, 1.54) is 0 Å². The van der Waals surface area contributed by atoms with Gasteiger partial charge in [-0.2, -0.15) is 5.26 Å². The van der Waals surface area contributed by atoms with Gasteiger partial charge in [0.05, 0.1) is 18.7 Å². The standard InChI is InChI=1S/C15H20N2O2/c1-11(2)17-9-12(3)10-19-15-6-13(8-16)5-14(7-15)18-4/h5-7,11,17H,3,9-10H2,1-2,4H3. The van der Waals surface area contributed by atoms with E-state index in [0.717, 1.165) is 5.57 Å². The van der Waals surface area contributed by atoms with Crippen molar-refractivity contribution in [3.8, 4) is 17.6 Å². The third-order valence-electron chi connectivity index (χ3n) is 2.45. The van der Waals surface area contributed by atoms with Crippen molar-refractivity contribution in [2.75, 3.05) is 20.3 Å². The van der Waals surface area contributed by atoms with E-state index in [4.69, 9.17) is 14.7 Å². The molecule has 0 aliphatic rings. The Kier molecular flexibility index (Phi) is 5.91. The molecule has 4 nitrogen and oxygen atoms in total. The Bertz CT molecular complexity index is 476. The highest BCUT2D eigenvalue weighted by molar-refractivity contribution is 5.43. The molecule has 1 aromatic rings. The van der Waals surface area contributed by atoms with Crippen molar-refractivity contribution in [3.05, 3.63) is 35.9 Å². The quantitative estimate of drug-likeness (QED) is 0.765. The largest absolute Gasteiger partial charge is 0.497 e. The summed E-state index contributed by atoms with van der Waals surface area (Å²) in [5.74, 6) is 1.22. The molecule has 0 saturated heterocycles. The zero-order chi connectivity index (χ0) is 14.3. The predicted molar refractivity (Wildman–Crippen MR) is 75.5 cm³/mol. The normalized spacial score (nSPS) is 10.1. The summed E-state index contributed by atoms with van der Waals surface area (Å²) in [7, 11) is 1.56. The highest BCUT2D eigenvalue weighted by atomic mass is 16.5. The second-order valence-electron chi connectivity index (χ2n) is 4.58. The van der Waals surface area contributed by atoms with Crippen molar-refractivity contribution in [3.63, 3.8) is 0 Å². The minimum atomic E-state index is 0.414. The number of ether oxygens (including phenoxy) is 2. The molecule has 0 bridgehead atoms. The highest BCUT2D eigenvalue weighted by Crippen LogP contribution is 2.22. The summed E-state index contributed by atoms with van der Waals surface area (Å²) in [6.45, 7) is 9.23. The van der Waals surface area contributed by atoms with E-state index < -0.39 is 0 Å². The molecule has 0 fully saturated rings. The van der Waals surface area contributed by atoms with Crippen LogP contribution in [-0.4, -0.2) is 26.3 Å². The van der Waals surface area contributed by atoms with Gasteiger partial charge in [-0.15, -0.1) is 0 Å². The molecule has 0 radical (unpaired) electrons. The Morgan fingerprint density at radius 3 is 2.63 bits per heavy atom. The summed E-state index contributed by atoms with van der Waals surface area (Å²) in [5, 5.41) is 12.2. The van der Waals surface area contributed by atoms with Crippen molar-refractivity contribution in [2.45, 2.75) is 19.9 Å². The topological polar surface area (TPSA) is 54.3 Å². The van der Waals surface area contributed by atoms with Gasteiger partial charge < -0.3 is 14.8 Å². The Morgan fingerprint density at radius 1 is 1.37 bits per heavy atom. The average molecular weight is 260 g/mol. The minimum absolute atomic E-state index is 0.414. The molecule has 0 unspecified atom stereocenters. The molecular formula is C15H20N2O2. The van der Waals surface area contributed by atoms with Gasteiger partial charge in [-0.1, -0.05) is 20.4 Å². The molecule has 0 heterocycles. The molecule has 0 saturated carbocycles. The molecule has 19 heavy (non-hydrogen) atoms. The Labute approximate surface area is 114 Å². The van der Waals surface area contributed by atoms with Gasteiger partial charge in [-0.05, 0) is 17.7 Å². The second-order valence-corrected chi connectivity index (χ2v) is 4.58. The maximum atomic E-state index is 8.92. The van der Waals surface area contributed by atoms with E-state index in [1.54, 1.807) is 25.3 Å². The summed E-state index contributed by atoms with van der Waals surface area (Å²) in [6, 6.07) is 7.60. The molecule has 4 heteroatoms. The van der Waals surface area contributed by atoms with Crippen molar-refractivity contribution >= 4 is 0 Å². The summed E-state index contributed by atoms with van der Waals surface area (Å²) in [6.07, 6.45) is 0. The van der Waals surface area contributed by atoms with Gasteiger partial charge in [0, 0.05) is 18.7 Å². The monoisotopic (exact) mass is 260 g/mol. The van der Waals surface area contributed by atoms with Gasteiger partial charge in [0.25, 0.3) is 0 Å². The molecule has 0 aromatic heterocycles. The van der Waals surface area contributed by atoms with E-state index in [2.05, 4.69) is 31.8 Å². The van der Waals surface area contributed by atoms with Crippen LogP contribution in [-0.2, 0) is 0 Å². The minimum Gasteiger partial charge on any atom is -0.497 e. The van der Waals surface area contributed by atoms with Crippen LogP contribution in [0, 0.1) is 11.3 Å². The average Bonchev–Trinajstić information content (AvgIpc) is 2.42. The zero-order valence-electron chi connectivity index (χ0n) is 11.7. The maximum Gasteiger partial charge on any atom is 0.124 e. The lowest BCUT2D eigenvalue weighted by atomic mass is 10.2. The molecule has 102 valence electrons. The van der Waals surface area contributed by atoms with Crippen LogP contribution in [0.2, 0.25) is 0 Å². The lowest BCUT2D eigenvalue weighted by Gasteiger charge is -2.12. The summed E-state index contributed by atoms with van der Waals surface area (Å²) in [5.41, 5.74) is 1.47. The molecule has 1 aromatic carbocycles. The van der Waals surface area contributed by atoms with E-state index in [0.29, 0.717) is 36.3 Å². The van der Waals surface area contributed by atoms with Gasteiger partial charge in [-0.3, -0.25) is 0 Å². The summed E-state index contributed by atoms with van der Waals surface area (Å²) >= 11 is 0. The number of hydrogen-bond donors (Lipinski definition) is 1. The van der Waals surface area contributed by atoms with Gasteiger partial charge in [0.2, 0.25) is 0 Å². The van der Waals surface area contributed by atoms with Crippen molar-refractivity contribution in [1.82, 2.24) is 5.32 Å². The van der Waals surface area contributed by atoms with Crippen LogP contribution in [0.25, 0.3) is 0 Å². The van der Waals surface area contributed by atoms with Crippen LogP contribution in [0.3, 0.4) is 0 Å². The smallest absolute Gasteiger partial charge is 0.124 e. The van der Waals surface area contributed by atoms with Gasteiger partial charge in [0.1, 0.15) is 18.1 Å².